The standard InChI is InChI=1S/C14H18F4N2O/c1-8(2)13(3,7-19)20-12(21)10-6-9(14(16,17)18)4-5-11(10)15/h4-6,8H,7,19H2,1-3H3,(H,20,21). The van der Waals surface area contributed by atoms with E-state index in [2.05, 4.69) is 5.32 Å². The van der Waals surface area contributed by atoms with Crippen LogP contribution in [0, 0.1) is 11.7 Å². The number of hydrogen-bond donors (Lipinski definition) is 2. The summed E-state index contributed by atoms with van der Waals surface area (Å²) >= 11 is 0. The molecule has 1 aromatic rings. The molecule has 3 nitrogen and oxygen atoms in total. The predicted octanol–water partition coefficient (Wildman–Crippen LogP) is 2.95. The minimum absolute atomic E-state index is 0.0692. The van der Waals surface area contributed by atoms with Gasteiger partial charge in [-0.15, -0.1) is 0 Å². The highest BCUT2D eigenvalue weighted by Crippen LogP contribution is 2.30. The van der Waals surface area contributed by atoms with Crippen LogP contribution >= 0.6 is 0 Å². The van der Waals surface area contributed by atoms with Gasteiger partial charge in [-0.3, -0.25) is 4.79 Å². The van der Waals surface area contributed by atoms with Crippen molar-refractivity contribution in [3.05, 3.63) is 35.1 Å². The molecular formula is C14H18F4N2O. The zero-order chi connectivity index (χ0) is 16.4. The van der Waals surface area contributed by atoms with Gasteiger partial charge in [0.2, 0.25) is 0 Å². The number of hydrogen-bond acceptors (Lipinski definition) is 2. The Morgan fingerprint density at radius 1 is 1.33 bits per heavy atom. The second-order valence-electron chi connectivity index (χ2n) is 5.42. The van der Waals surface area contributed by atoms with E-state index < -0.39 is 34.6 Å². The average molecular weight is 306 g/mol. The normalized spacial score (nSPS) is 14.9. The molecule has 118 valence electrons. The molecule has 1 amide bonds. The van der Waals surface area contributed by atoms with Crippen LogP contribution < -0.4 is 11.1 Å². The van der Waals surface area contributed by atoms with E-state index in [1.54, 1.807) is 20.8 Å². The van der Waals surface area contributed by atoms with Crippen molar-refractivity contribution < 1.29 is 22.4 Å². The number of rotatable bonds is 4. The van der Waals surface area contributed by atoms with Crippen molar-refractivity contribution in [3.8, 4) is 0 Å². The Morgan fingerprint density at radius 2 is 1.90 bits per heavy atom. The number of nitrogens with two attached hydrogens (primary N) is 1. The summed E-state index contributed by atoms with van der Waals surface area (Å²) in [5, 5.41) is 2.51. The van der Waals surface area contributed by atoms with Crippen molar-refractivity contribution in [2.75, 3.05) is 6.54 Å². The molecule has 0 radical (unpaired) electrons. The number of alkyl halides is 3. The van der Waals surface area contributed by atoms with Crippen LogP contribution in [-0.4, -0.2) is 18.0 Å². The maximum Gasteiger partial charge on any atom is 0.416 e. The van der Waals surface area contributed by atoms with Gasteiger partial charge < -0.3 is 11.1 Å². The fraction of sp³-hybridized carbons (Fsp3) is 0.500. The Balaban J connectivity index is 3.13. The third-order valence-electron chi connectivity index (χ3n) is 3.64. The largest absolute Gasteiger partial charge is 0.416 e. The molecule has 1 aromatic carbocycles. The summed E-state index contributed by atoms with van der Waals surface area (Å²) in [4.78, 5) is 12.0. The Hall–Kier alpha value is -1.63. The van der Waals surface area contributed by atoms with Crippen molar-refractivity contribution in [2.24, 2.45) is 11.7 Å². The van der Waals surface area contributed by atoms with Gasteiger partial charge in [0.15, 0.2) is 0 Å². The second-order valence-corrected chi connectivity index (χ2v) is 5.42. The van der Waals surface area contributed by atoms with Crippen molar-refractivity contribution in [1.82, 2.24) is 5.32 Å². The highest BCUT2D eigenvalue weighted by Gasteiger charge is 2.33. The Morgan fingerprint density at radius 3 is 2.33 bits per heavy atom. The van der Waals surface area contributed by atoms with Gasteiger partial charge in [-0.05, 0) is 31.0 Å². The SMILES string of the molecule is CC(C)C(C)(CN)NC(=O)c1cc(C(F)(F)F)ccc1F. The zero-order valence-electron chi connectivity index (χ0n) is 12.0. The minimum atomic E-state index is -4.64. The summed E-state index contributed by atoms with van der Waals surface area (Å²) < 4.78 is 51.5. The van der Waals surface area contributed by atoms with Crippen LogP contribution in [0.4, 0.5) is 17.6 Å². The van der Waals surface area contributed by atoms with E-state index in [1.807, 2.05) is 0 Å². The first-order valence-electron chi connectivity index (χ1n) is 6.40. The van der Waals surface area contributed by atoms with Crippen LogP contribution in [-0.2, 0) is 6.18 Å². The second kappa shape index (κ2) is 6.01. The van der Waals surface area contributed by atoms with Crippen molar-refractivity contribution >= 4 is 5.91 Å². The molecule has 0 heterocycles. The lowest BCUT2D eigenvalue weighted by atomic mass is 9.88. The van der Waals surface area contributed by atoms with Gasteiger partial charge in [-0.25, -0.2) is 4.39 Å². The molecule has 0 bridgehead atoms. The fourth-order valence-corrected chi connectivity index (χ4v) is 1.63. The van der Waals surface area contributed by atoms with Gasteiger partial charge in [-0.2, -0.15) is 13.2 Å². The maximum absolute atomic E-state index is 13.6. The van der Waals surface area contributed by atoms with E-state index in [-0.39, 0.29) is 12.5 Å². The Kier molecular flexibility index (Phi) is 4.99. The number of nitrogens with one attached hydrogen (secondary N) is 1. The number of carbonyl (C=O) groups is 1. The van der Waals surface area contributed by atoms with Crippen molar-refractivity contribution in [3.63, 3.8) is 0 Å². The third kappa shape index (κ3) is 3.93. The van der Waals surface area contributed by atoms with Crippen LogP contribution in [0.15, 0.2) is 18.2 Å². The van der Waals surface area contributed by atoms with Crippen LogP contribution in [0.25, 0.3) is 0 Å². The number of halogens is 4. The molecule has 0 spiro atoms. The van der Waals surface area contributed by atoms with Gasteiger partial charge in [0, 0.05) is 6.54 Å². The van der Waals surface area contributed by atoms with Gasteiger partial charge in [0.25, 0.3) is 5.91 Å². The van der Waals surface area contributed by atoms with Crippen LogP contribution in [0.3, 0.4) is 0 Å². The van der Waals surface area contributed by atoms with Crippen LogP contribution in [0.5, 0.6) is 0 Å². The molecule has 0 aliphatic rings. The van der Waals surface area contributed by atoms with E-state index in [9.17, 15) is 22.4 Å². The van der Waals surface area contributed by atoms with E-state index in [1.165, 1.54) is 0 Å². The van der Waals surface area contributed by atoms with E-state index in [0.717, 1.165) is 0 Å². The lowest BCUT2D eigenvalue weighted by Crippen LogP contribution is -2.55. The highest BCUT2D eigenvalue weighted by atomic mass is 19.4. The van der Waals surface area contributed by atoms with Crippen molar-refractivity contribution in [2.45, 2.75) is 32.5 Å². The first-order valence-corrected chi connectivity index (χ1v) is 6.40. The summed E-state index contributed by atoms with van der Waals surface area (Å²) in [7, 11) is 0. The molecule has 21 heavy (non-hydrogen) atoms. The zero-order valence-corrected chi connectivity index (χ0v) is 12.0. The minimum Gasteiger partial charge on any atom is -0.345 e. The molecule has 0 saturated heterocycles. The molecule has 0 fully saturated rings. The van der Waals surface area contributed by atoms with E-state index >= 15 is 0 Å². The molecule has 0 aliphatic heterocycles. The number of benzene rings is 1. The van der Waals surface area contributed by atoms with Gasteiger partial charge >= 0.3 is 6.18 Å². The summed E-state index contributed by atoms with van der Waals surface area (Å²) in [6.07, 6.45) is -4.64. The van der Waals surface area contributed by atoms with E-state index in [4.69, 9.17) is 5.73 Å². The highest BCUT2D eigenvalue weighted by molar-refractivity contribution is 5.95. The Bertz CT molecular complexity index is 528. The molecule has 0 aromatic heterocycles. The number of carbonyl (C=O) groups excluding carboxylic acids is 1. The average Bonchev–Trinajstić information content (AvgIpc) is 2.37. The first-order chi connectivity index (χ1) is 9.51. The lowest BCUT2D eigenvalue weighted by Gasteiger charge is -2.33. The van der Waals surface area contributed by atoms with Crippen molar-refractivity contribution in [1.29, 1.82) is 0 Å². The van der Waals surface area contributed by atoms with E-state index in [0.29, 0.717) is 18.2 Å². The molecule has 1 unspecified atom stereocenters. The van der Waals surface area contributed by atoms with Crippen LogP contribution in [0.1, 0.15) is 36.7 Å². The maximum atomic E-state index is 13.6. The van der Waals surface area contributed by atoms with Gasteiger partial charge in [0.1, 0.15) is 5.82 Å². The molecule has 0 aliphatic carbocycles. The van der Waals surface area contributed by atoms with Crippen LogP contribution in [0.2, 0.25) is 0 Å². The molecular weight excluding hydrogens is 288 g/mol. The molecule has 0 saturated carbocycles. The van der Waals surface area contributed by atoms with Gasteiger partial charge in [0.05, 0.1) is 16.7 Å². The third-order valence-corrected chi connectivity index (χ3v) is 3.64. The summed E-state index contributed by atoms with van der Waals surface area (Å²) in [5.74, 6) is -2.00. The quantitative estimate of drug-likeness (QED) is 0.840. The summed E-state index contributed by atoms with van der Waals surface area (Å²) in [5.41, 5.74) is 3.02. The monoisotopic (exact) mass is 306 g/mol. The molecule has 1 atom stereocenters. The number of amides is 1. The Labute approximate surface area is 120 Å². The first kappa shape index (κ1) is 17.4. The lowest BCUT2D eigenvalue weighted by molar-refractivity contribution is -0.137. The molecule has 1 rings (SSSR count). The molecule has 3 N–H and O–H groups in total. The summed E-state index contributed by atoms with van der Waals surface area (Å²) in [6.45, 7) is 5.34. The summed E-state index contributed by atoms with van der Waals surface area (Å²) in [6, 6.07) is 1.73. The smallest absolute Gasteiger partial charge is 0.345 e. The van der Waals surface area contributed by atoms with Gasteiger partial charge in [-0.1, -0.05) is 13.8 Å². The predicted molar refractivity (Wildman–Crippen MR) is 71.2 cm³/mol. The fourth-order valence-electron chi connectivity index (χ4n) is 1.63. The molecule has 7 heteroatoms. The topological polar surface area (TPSA) is 55.1 Å².